The molecule has 0 unspecified atom stereocenters. The second-order valence-electron chi connectivity index (χ2n) is 11.5. The molecule has 0 saturated carbocycles. The van der Waals surface area contributed by atoms with Crippen LogP contribution in [0.4, 0.5) is 0 Å². The van der Waals surface area contributed by atoms with E-state index in [2.05, 4.69) is 11.6 Å². The van der Waals surface area contributed by atoms with Crippen LogP contribution >= 0.6 is 11.8 Å². The molecule has 0 aliphatic carbocycles. The van der Waals surface area contributed by atoms with E-state index in [0.717, 1.165) is 38.1 Å². The average molecular weight is 669 g/mol. The Morgan fingerprint density at radius 3 is 2.28 bits per heavy atom. The van der Waals surface area contributed by atoms with Crippen LogP contribution in [-0.4, -0.2) is 25.4 Å². The van der Waals surface area contributed by atoms with E-state index < -0.39 is 16.3 Å². The number of thioether (sulfide) groups is 1. The highest BCUT2D eigenvalue weighted by molar-refractivity contribution is 7.99. The van der Waals surface area contributed by atoms with Crippen molar-refractivity contribution < 1.29 is 27.7 Å². The van der Waals surface area contributed by atoms with Crippen molar-refractivity contribution in [2.24, 2.45) is 5.92 Å². The molecule has 6 rings (SSSR count). The summed E-state index contributed by atoms with van der Waals surface area (Å²) in [5.41, 5.74) is 5.34. The Kier molecular flexibility index (Phi) is 10.4. The maximum Gasteiger partial charge on any atom is 0.251 e. The van der Waals surface area contributed by atoms with E-state index in [0.29, 0.717) is 10.8 Å². The topological polar surface area (TPSA) is 112 Å². The van der Waals surface area contributed by atoms with Crippen molar-refractivity contribution in [2.45, 2.75) is 48.5 Å². The van der Waals surface area contributed by atoms with Gasteiger partial charge in [-0.1, -0.05) is 97.5 Å². The van der Waals surface area contributed by atoms with Gasteiger partial charge in [0.05, 0.1) is 23.7 Å². The van der Waals surface area contributed by atoms with E-state index in [1.54, 1.807) is 42.5 Å². The second-order valence-corrected chi connectivity index (χ2v) is 14.3. The predicted molar refractivity (Wildman–Crippen MR) is 181 cm³/mol. The fourth-order valence-electron chi connectivity index (χ4n) is 5.59. The van der Waals surface area contributed by atoms with Gasteiger partial charge in [0.15, 0.2) is 12.5 Å². The van der Waals surface area contributed by atoms with Gasteiger partial charge in [0.2, 0.25) is 10.0 Å². The van der Waals surface area contributed by atoms with Crippen molar-refractivity contribution in [3.8, 4) is 11.1 Å². The maximum atomic E-state index is 12.8. The highest BCUT2D eigenvalue weighted by Crippen LogP contribution is 2.43. The van der Waals surface area contributed by atoms with Crippen LogP contribution in [0.25, 0.3) is 11.1 Å². The molecule has 8 nitrogen and oxygen atoms in total. The van der Waals surface area contributed by atoms with Crippen molar-refractivity contribution in [2.75, 3.05) is 5.75 Å². The molecule has 1 aromatic heterocycles. The third kappa shape index (κ3) is 7.93. The third-order valence-electron chi connectivity index (χ3n) is 8.25. The number of hydrogen-bond acceptors (Lipinski definition) is 7. The number of hydrogen-bond donors (Lipinski definition) is 2. The number of pyridine rings is 1. The minimum absolute atomic E-state index is 0.0259. The lowest BCUT2D eigenvalue weighted by Crippen LogP contribution is -2.39. The molecule has 47 heavy (non-hydrogen) atoms. The van der Waals surface area contributed by atoms with E-state index in [1.165, 1.54) is 18.0 Å². The first-order valence-corrected chi connectivity index (χ1v) is 17.8. The van der Waals surface area contributed by atoms with Crippen molar-refractivity contribution in [1.29, 1.82) is 0 Å². The van der Waals surface area contributed by atoms with Gasteiger partial charge in [-0.3, -0.25) is 0 Å². The fourth-order valence-corrected chi connectivity index (χ4v) is 7.71. The summed E-state index contributed by atoms with van der Waals surface area (Å²) in [6.07, 6.45) is 0.303. The summed E-state index contributed by atoms with van der Waals surface area (Å²) >= 11 is 1.45. The first-order chi connectivity index (χ1) is 22.8. The van der Waals surface area contributed by atoms with Crippen LogP contribution in [-0.2, 0) is 32.6 Å². The van der Waals surface area contributed by atoms with Gasteiger partial charge in [-0.2, -0.15) is 4.73 Å². The van der Waals surface area contributed by atoms with E-state index in [9.17, 15) is 18.7 Å². The summed E-state index contributed by atoms with van der Waals surface area (Å²) in [7, 11) is -3.64. The van der Waals surface area contributed by atoms with Crippen molar-refractivity contribution in [3.05, 3.63) is 155 Å². The average Bonchev–Trinajstić information content (AvgIpc) is 3.11. The van der Waals surface area contributed by atoms with E-state index >= 15 is 0 Å². The molecule has 1 aliphatic rings. The van der Waals surface area contributed by atoms with Crippen LogP contribution in [0.3, 0.4) is 0 Å². The normalized spacial score (nSPS) is 19.8. The number of benzene rings is 4. The van der Waals surface area contributed by atoms with Gasteiger partial charge in [0.1, 0.15) is 0 Å². The van der Waals surface area contributed by atoms with Gasteiger partial charge in [0, 0.05) is 35.9 Å². The van der Waals surface area contributed by atoms with E-state index in [4.69, 9.17) is 9.47 Å². The molecule has 4 aromatic carbocycles. The molecule has 0 bridgehead atoms. The van der Waals surface area contributed by atoms with Crippen LogP contribution in [0.15, 0.2) is 137 Å². The maximum absolute atomic E-state index is 12.8. The molecule has 1 saturated heterocycles. The molecule has 2 heterocycles. The van der Waals surface area contributed by atoms with Gasteiger partial charge < -0.3 is 19.8 Å². The highest BCUT2D eigenvalue weighted by Gasteiger charge is 2.38. The molecular formula is C37H36N2O6S2. The zero-order chi connectivity index (χ0) is 32.8. The van der Waals surface area contributed by atoms with Crippen LogP contribution in [0, 0.1) is 11.1 Å². The quantitative estimate of drug-likeness (QED) is 0.0934. The Bertz CT molecular complexity index is 1900. The Hall–Kier alpha value is -4.03. The number of aromatic nitrogens is 1. The monoisotopic (exact) mass is 668 g/mol. The first kappa shape index (κ1) is 32.9. The molecule has 242 valence electrons. The number of nitrogens with zero attached hydrogens (tertiary/aromatic N) is 1. The second kappa shape index (κ2) is 14.8. The molecule has 1 fully saturated rings. The fraction of sp³-hybridized carbons (Fsp3) is 0.216. The van der Waals surface area contributed by atoms with Crippen molar-refractivity contribution in [1.82, 2.24) is 4.72 Å². The number of rotatable bonds is 11. The number of aliphatic hydroxyl groups excluding tert-OH is 1. The number of sulfonamides is 1. The van der Waals surface area contributed by atoms with Crippen LogP contribution in [0.5, 0.6) is 0 Å². The summed E-state index contributed by atoms with van der Waals surface area (Å²) in [6, 6.07) is 37.2. The number of ether oxygens (including phenoxy) is 2. The zero-order valence-electron chi connectivity index (χ0n) is 25.8. The molecule has 0 radical (unpaired) electrons. The third-order valence-corrected chi connectivity index (χ3v) is 10.8. The lowest BCUT2D eigenvalue weighted by atomic mass is 9.91. The van der Waals surface area contributed by atoms with Crippen LogP contribution in [0.2, 0.25) is 0 Å². The van der Waals surface area contributed by atoms with Gasteiger partial charge in [-0.05, 0) is 58.1 Å². The SMILES string of the molecule is C[C@H]1[C@@H](CSc2cccc[n+]2[O-])O[C@@H](c2cccc(-c3cccc(CNS(=O)(=O)c4ccccc4)c3)c2)O[C@H]1c1ccc(CO)cc1. The molecule has 4 atom stereocenters. The van der Waals surface area contributed by atoms with Gasteiger partial charge in [-0.15, -0.1) is 0 Å². The zero-order valence-corrected chi connectivity index (χ0v) is 27.4. The summed E-state index contributed by atoms with van der Waals surface area (Å²) in [5, 5.41) is 22.5. The van der Waals surface area contributed by atoms with Crippen LogP contribution in [0.1, 0.15) is 41.6 Å². The molecule has 10 heteroatoms. The lowest BCUT2D eigenvalue weighted by Gasteiger charge is -2.41. The molecule has 0 spiro atoms. The molecule has 2 N–H and O–H groups in total. The molecule has 5 aromatic rings. The van der Waals surface area contributed by atoms with Gasteiger partial charge in [-0.25, -0.2) is 13.1 Å². The van der Waals surface area contributed by atoms with Crippen molar-refractivity contribution in [3.63, 3.8) is 0 Å². The number of aliphatic hydroxyl groups is 1. The van der Waals surface area contributed by atoms with E-state index in [1.807, 2.05) is 78.9 Å². The smallest absolute Gasteiger partial charge is 0.251 e. The largest absolute Gasteiger partial charge is 0.618 e. The predicted octanol–water partition coefficient (Wildman–Crippen LogP) is 6.54. The Labute approximate surface area is 279 Å². The van der Waals surface area contributed by atoms with E-state index in [-0.39, 0.29) is 36.2 Å². The summed E-state index contributed by atoms with van der Waals surface area (Å²) in [4.78, 5) is 0.223. The lowest BCUT2D eigenvalue weighted by molar-refractivity contribution is -0.645. The van der Waals surface area contributed by atoms with Gasteiger partial charge in [0.25, 0.3) is 5.03 Å². The molecular weight excluding hydrogens is 633 g/mol. The Morgan fingerprint density at radius 1 is 0.809 bits per heavy atom. The Morgan fingerprint density at radius 2 is 1.53 bits per heavy atom. The molecule has 1 aliphatic heterocycles. The van der Waals surface area contributed by atoms with Crippen LogP contribution < -0.4 is 9.45 Å². The Balaban J connectivity index is 1.24. The standard InChI is InChI=1S/C37H36N2O6S2/c1-26-34(25-46-35-15-5-6-20-39(35)41)44-37(45-36(26)29-18-16-27(24-40)17-19-29)32-12-8-11-31(22-32)30-10-7-9-28(21-30)23-38-47(42,43)33-13-3-2-4-14-33/h2-22,26,34,36-38,40H,23-25H2,1H3/t26-,34+,36+,37+/m0/s1. The molecule has 0 amide bonds. The van der Waals surface area contributed by atoms with Gasteiger partial charge >= 0.3 is 0 Å². The minimum atomic E-state index is -3.64. The summed E-state index contributed by atoms with van der Waals surface area (Å²) < 4.78 is 42.3. The summed E-state index contributed by atoms with van der Waals surface area (Å²) in [6.45, 7) is 2.21. The first-order valence-electron chi connectivity index (χ1n) is 15.4. The summed E-state index contributed by atoms with van der Waals surface area (Å²) in [5.74, 6) is 0.529. The van der Waals surface area contributed by atoms with Crippen molar-refractivity contribution >= 4 is 21.8 Å². The highest BCUT2D eigenvalue weighted by atomic mass is 32.2. The number of nitrogens with one attached hydrogen (secondary N) is 1. The minimum Gasteiger partial charge on any atom is -0.618 e.